The molecule has 3 heteroatoms. The SMILES string of the molecule is CC(C)CNCC(C)(Cc1cccc(F)c1Br)C(C)C. The molecule has 0 fully saturated rings. The lowest BCUT2D eigenvalue weighted by atomic mass is 9.74. The number of halogens is 2. The van der Waals surface area contributed by atoms with Crippen molar-refractivity contribution in [3.05, 3.63) is 34.1 Å². The molecule has 114 valence electrons. The summed E-state index contributed by atoms with van der Waals surface area (Å²) in [5.74, 6) is 0.994. The Hall–Kier alpha value is -0.410. The molecule has 0 radical (unpaired) electrons. The van der Waals surface area contributed by atoms with E-state index < -0.39 is 0 Å². The summed E-state index contributed by atoms with van der Waals surface area (Å²) < 4.78 is 14.3. The van der Waals surface area contributed by atoms with Gasteiger partial charge in [-0.05, 0) is 57.8 Å². The highest BCUT2D eigenvalue weighted by atomic mass is 79.9. The minimum atomic E-state index is -0.177. The van der Waals surface area contributed by atoms with Crippen LogP contribution in [0.1, 0.15) is 40.2 Å². The molecule has 1 aromatic carbocycles. The van der Waals surface area contributed by atoms with Crippen LogP contribution in [0, 0.1) is 23.1 Å². The average Bonchev–Trinajstić information content (AvgIpc) is 2.34. The van der Waals surface area contributed by atoms with Crippen molar-refractivity contribution in [2.75, 3.05) is 13.1 Å². The quantitative estimate of drug-likeness (QED) is 0.731. The van der Waals surface area contributed by atoms with Crippen molar-refractivity contribution in [3.8, 4) is 0 Å². The van der Waals surface area contributed by atoms with E-state index >= 15 is 0 Å². The standard InChI is InChI=1S/C17H27BrFN/c1-12(2)10-20-11-17(5,13(3)4)9-14-7-6-8-15(19)16(14)18/h6-8,12-13,20H,9-11H2,1-5H3. The van der Waals surface area contributed by atoms with Crippen LogP contribution in [-0.4, -0.2) is 13.1 Å². The van der Waals surface area contributed by atoms with Gasteiger partial charge in [0, 0.05) is 6.54 Å². The molecule has 0 heterocycles. The van der Waals surface area contributed by atoms with Gasteiger partial charge in [0.2, 0.25) is 0 Å². The summed E-state index contributed by atoms with van der Waals surface area (Å²) in [5, 5.41) is 3.55. The lowest BCUT2D eigenvalue weighted by Gasteiger charge is -2.35. The number of rotatable bonds is 7. The van der Waals surface area contributed by atoms with Gasteiger partial charge in [-0.3, -0.25) is 0 Å². The van der Waals surface area contributed by atoms with E-state index in [0.29, 0.717) is 16.3 Å². The van der Waals surface area contributed by atoms with E-state index in [9.17, 15) is 4.39 Å². The van der Waals surface area contributed by atoms with Crippen LogP contribution in [0.3, 0.4) is 0 Å². The summed E-state index contributed by atoms with van der Waals surface area (Å²) in [4.78, 5) is 0. The van der Waals surface area contributed by atoms with Gasteiger partial charge in [-0.2, -0.15) is 0 Å². The highest BCUT2D eigenvalue weighted by Gasteiger charge is 2.29. The summed E-state index contributed by atoms with van der Waals surface area (Å²) in [6.45, 7) is 13.2. The molecular weight excluding hydrogens is 317 g/mol. The monoisotopic (exact) mass is 343 g/mol. The molecule has 1 nitrogen and oxygen atoms in total. The molecule has 1 unspecified atom stereocenters. The fourth-order valence-corrected chi connectivity index (χ4v) is 2.64. The van der Waals surface area contributed by atoms with E-state index in [2.05, 4.69) is 55.9 Å². The van der Waals surface area contributed by atoms with Crippen molar-refractivity contribution >= 4 is 15.9 Å². The summed E-state index contributed by atoms with van der Waals surface area (Å²) in [6, 6.07) is 5.30. The molecule has 0 aliphatic carbocycles. The maximum absolute atomic E-state index is 13.7. The van der Waals surface area contributed by atoms with Gasteiger partial charge in [0.1, 0.15) is 5.82 Å². The second-order valence-corrected chi connectivity index (χ2v) is 7.52. The number of hydrogen-bond acceptors (Lipinski definition) is 1. The lowest BCUT2D eigenvalue weighted by molar-refractivity contribution is 0.204. The maximum Gasteiger partial charge on any atom is 0.137 e. The molecule has 0 amide bonds. The molecule has 1 N–H and O–H groups in total. The minimum absolute atomic E-state index is 0.116. The zero-order valence-electron chi connectivity index (χ0n) is 13.3. The van der Waals surface area contributed by atoms with E-state index in [0.717, 1.165) is 25.1 Å². The predicted molar refractivity (Wildman–Crippen MR) is 88.5 cm³/mol. The summed E-state index contributed by atoms with van der Waals surface area (Å²) >= 11 is 3.38. The van der Waals surface area contributed by atoms with Crippen LogP contribution in [0.5, 0.6) is 0 Å². The van der Waals surface area contributed by atoms with Gasteiger partial charge in [0.15, 0.2) is 0 Å². The Kier molecular flexibility index (Phi) is 6.67. The molecule has 1 rings (SSSR count). The van der Waals surface area contributed by atoms with Crippen LogP contribution in [-0.2, 0) is 6.42 Å². The van der Waals surface area contributed by atoms with Crippen molar-refractivity contribution < 1.29 is 4.39 Å². The van der Waals surface area contributed by atoms with Gasteiger partial charge < -0.3 is 5.32 Å². The fraction of sp³-hybridized carbons (Fsp3) is 0.647. The maximum atomic E-state index is 13.7. The summed E-state index contributed by atoms with van der Waals surface area (Å²) in [5.41, 5.74) is 1.16. The van der Waals surface area contributed by atoms with Crippen molar-refractivity contribution in [3.63, 3.8) is 0 Å². The van der Waals surface area contributed by atoms with Crippen LogP contribution in [0.15, 0.2) is 22.7 Å². The molecule has 0 bridgehead atoms. The van der Waals surface area contributed by atoms with Crippen LogP contribution in [0.2, 0.25) is 0 Å². The Morgan fingerprint density at radius 3 is 2.45 bits per heavy atom. The first-order valence-electron chi connectivity index (χ1n) is 7.40. The fourth-order valence-electron chi connectivity index (χ4n) is 2.24. The van der Waals surface area contributed by atoms with Crippen LogP contribution in [0.25, 0.3) is 0 Å². The van der Waals surface area contributed by atoms with Gasteiger partial charge in [-0.15, -0.1) is 0 Å². The number of nitrogens with one attached hydrogen (secondary N) is 1. The van der Waals surface area contributed by atoms with Crippen molar-refractivity contribution in [1.82, 2.24) is 5.32 Å². The average molecular weight is 344 g/mol. The van der Waals surface area contributed by atoms with Gasteiger partial charge in [0.05, 0.1) is 4.47 Å². The normalized spacial score (nSPS) is 14.8. The van der Waals surface area contributed by atoms with Crippen molar-refractivity contribution in [1.29, 1.82) is 0 Å². The second-order valence-electron chi connectivity index (χ2n) is 6.72. The highest BCUT2D eigenvalue weighted by molar-refractivity contribution is 9.10. The van der Waals surface area contributed by atoms with Gasteiger partial charge in [-0.1, -0.05) is 46.8 Å². The zero-order valence-corrected chi connectivity index (χ0v) is 14.8. The highest BCUT2D eigenvalue weighted by Crippen LogP contribution is 2.34. The Labute approximate surface area is 131 Å². The van der Waals surface area contributed by atoms with Gasteiger partial charge in [-0.25, -0.2) is 4.39 Å². The Morgan fingerprint density at radius 1 is 1.25 bits per heavy atom. The first kappa shape index (κ1) is 17.6. The summed E-state index contributed by atoms with van der Waals surface area (Å²) in [6.07, 6.45) is 0.869. The van der Waals surface area contributed by atoms with E-state index in [1.165, 1.54) is 6.07 Å². The Morgan fingerprint density at radius 2 is 1.90 bits per heavy atom. The first-order chi connectivity index (χ1) is 9.26. The molecule has 0 aromatic heterocycles. The third-order valence-electron chi connectivity index (χ3n) is 4.10. The minimum Gasteiger partial charge on any atom is -0.316 e. The van der Waals surface area contributed by atoms with Crippen LogP contribution in [0.4, 0.5) is 4.39 Å². The lowest BCUT2D eigenvalue weighted by Crippen LogP contribution is -2.39. The number of benzene rings is 1. The third-order valence-corrected chi connectivity index (χ3v) is 4.99. The number of hydrogen-bond donors (Lipinski definition) is 1. The van der Waals surface area contributed by atoms with E-state index in [4.69, 9.17) is 0 Å². The smallest absolute Gasteiger partial charge is 0.137 e. The van der Waals surface area contributed by atoms with Gasteiger partial charge in [0.25, 0.3) is 0 Å². The molecule has 0 saturated carbocycles. The van der Waals surface area contributed by atoms with E-state index in [1.54, 1.807) is 6.07 Å². The zero-order chi connectivity index (χ0) is 15.3. The first-order valence-corrected chi connectivity index (χ1v) is 8.19. The molecular formula is C17H27BrFN. The third kappa shape index (κ3) is 4.85. The molecule has 0 saturated heterocycles. The molecule has 1 aromatic rings. The Balaban J connectivity index is 2.83. The van der Waals surface area contributed by atoms with E-state index in [1.807, 2.05) is 6.07 Å². The Bertz CT molecular complexity index is 431. The summed E-state index contributed by atoms with van der Waals surface area (Å²) in [7, 11) is 0. The van der Waals surface area contributed by atoms with Crippen LogP contribution < -0.4 is 5.32 Å². The second kappa shape index (κ2) is 7.56. The topological polar surface area (TPSA) is 12.0 Å². The van der Waals surface area contributed by atoms with Gasteiger partial charge >= 0.3 is 0 Å². The molecule has 0 aliphatic rings. The predicted octanol–water partition coefficient (Wildman–Crippen LogP) is 5.04. The van der Waals surface area contributed by atoms with E-state index in [-0.39, 0.29) is 11.2 Å². The van der Waals surface area contributed by atoms with Crippen molar-refractivity contribution in [2.24, 2.45) is 17.3 Å². The largest absolute Gasteiger partial charge is 0.316 e. The van der Waals surface area contributed by atoms with Crippen LogP contribution >= 0.6 is 15.9 Å². The molecule has 0 aliphatic heterocycles. The van der Waals surface area contributed by atoms with Crippen molar-refractivity contribution in [2.45, 2.75) is 41.0 Å². The molecule has 1 atom stereocenters. The molecule has 20 heavy (non-hydrogen) atoms. The molecule has 0 spiro atoms.